The van der Waals surface area contributed by atoms with Gasteiger partial charge < -0.3 is 10.5 Å². The van der Waals surface area contributed by atoms with Gasteiger partial charge in [-0.3, -0.25) is 32.7 Å². The molecule has 2 N–H and O–H groups in total. The second-order valence-electron chi connectivity index (χ2n) is 12.0. The molecule has 0 spiro atoms. The smallest absolute Gasteiger partial charge is 0.339 e. The van der Waals surface area contributed by atoms with Crippen molar-refractivity contribution < 1.29 is 31.2 Å². The first-order chi connectivity index (χ1) is 25.7. The van der Waals surface area contributed by atoms with Crippen molar-refractivity contribution >= 4 is 65.0 Å². The summed E-state index contributed by atoms with van der Waals surface area (Å²) < 4.78 is 61.4. The Labute approximate surface area is 313 Å². The van der Waals surface area contributed by atoms with Crippen molar-refractivity contribution in [1.82, 2.24) is 29.5 Å². The monoisotopic (exact) mass is 775 g/mol. The molecule has 0 aliphatic heterocycles. The molecule has 0 unspecified atom stereocenters. The van der Waals surface area contributed by atoms with Gasteiger partial charge in [0.2, 0.25) is 20.0 Å². The number of nitrogens with zero attached hydrogens (tertiary/aromatic N) is 8. The molecule has 4 aromatic heterocycles. The summed E-state index contributed by atoms with van der Waals surface area (Å²) >= 11 is 0. The minimum atomic E-state index is -3.54. The summed E-state index contributed by atoms with van der Waals surface area (Å²) in [5.74, 6) is -0.793. The number of anilines is 2. The number of esters is 1. The number of fused-ring (bicyclic) bond motifs is 2. The minimum absolute atomic E-state index is 0.0415. The average molecular weight is 776 g/mol. The van der Waals surface area contributed by atoms with E-state index in [1.54, 1.807) is 98.2 Å². The van der Waals surface area contributed by atoms with Gasteiger partial charge >= 0.3 is 5.97 Å². The second-order valence-corrected chi connectivity index (χ2v) is 16.4. The molecule has 6 aromatic rings. The van der Waals surface area contributed by atoms with E-state index in [1.165, 1.54) is 28.1 Å². The lowest BCUT2D eigenvalue weighted by molar-refractivity contribution is 0.0600. The zero-order valence-electron chi connectivity index (χ0n) is 30.4. The number of rotatable bonds is 13. The van der Waals surface area contributed by atoms with E-state index in [4.69, 9.17) is 5.73 Å². The Morgan fingerprint density at radius 2 is 1.13 bits per heavy atom. The van der Waals surface area contributed by atoms with E-state index in [0.717, 1.165) is 21.8 Å². The molecule has 0 bridgehead atoms. The van der Waals surface area contributed by atoms with E-state index in [0.29, 0.717) is 33.9 Å². The molecule has 284 valence electrons. The van der Waals surface area contributed by atoms with Crippen LogP contribution in [0.25, 0.3) is 21.8 Å². The fraction of sp³-hybridized carbons (Fsp3) is 0.278. The summed E-state index contributed by atoms with van der Waals surface area (Å²) in [4.78, 5) is 31.6. The van der Waals surface area contributed by atoms with Gasteiger partial charge in [-0.2, -0.15) is 10.2 Å². The van der Waals surface area contributed by atoms with E-state index < -0.39 is 26.0 Å². The first-order valence-corrected chi connectivity index (χ1v) is 20.0. The number of sulfonamides is 2. The fourth-order valence-electron chi connectivity index (χ4n) is 5.44. The lowest BCUT2D eigenvalue weighted by atomic mass is 10.2. The van der Waals surface area contributed by atoms with Crippen molar-refractivity contribution in [2.75, 3.05) is 33.8 Å². The molecule has 0 aliphatic carbocycles. The summed E-state index contributed by atoms with van der Waals surface area (Å²) in [6, 6.07) is 17.2. The van der Waals surface area contributed by atoms with Crippen molar-refractivity contribution in [2.24, 2.45) is 19.8 Å². The number of ether oxygens (including phenoxy) is 1. The van der Waals surface area contributed by atoms with Crippen LogP contribution >= 0.6 is 0 Å². The van der Waals surface area contributed by atoms with Gasteiger partial charge in [0.25, 0.3) is 0 Å². The van der Waals surface area contributed by atoms with Gasteiger partial charge in [0.05, 0.1) is 90.0 Å². The maximum atomic E-state index is 12.7. The highest BCUT2D eigenvalue weighted by Crippen LogP contribution is 2.27. The maximum Gasteiger partial charge on any atom is 0.339 e. The molecule has 0 amide bonds. The summed E-state index contributed by atoms with van der Waals surface area (Å²) in [6.07, 6.45) is 6.26. The first kappa shape index (κ1) is 39.5. The number of aryl methyl sites for hydroxylation is 2. The third-order valence-electron chi connectivity index (χ3n) is 8.63. The molecule has 6 rings (SSSR count). The summed E-state index contributed by atoms with van der Waals surface area (Å²) in [7, 11) is -2.17. The molecule has 2 aromatic carbocycles. The summed E-state index contributed by atoms with van der Waals surface area (Å²) in [6.45, 7) is 3.22. The molecule has 4 heterocycles. The number of carbonyl (C=O) groups is 2. The molecule has 0 fully saturated rings. The van der Waals surface area contributed by atoms with E-state index in [1.807, 2.05) is 12.1 Å². The largest absolute Gasteiger partial charge is 0.465 e. The molecule has 54 heavy (non-hydrogen) atoms. The molecule has 0 aliphatic rings. The predicted molar refractivity (Wildman–Crippen MR) is 206 cm³/mol. The normalized spacial score (nSPS) is 11.6. The number of hydrogen-bond acceptors (Lipinski definition) is 12. The minimum Gasteiger partial charge on any atom is -0.465 e. The maximum absolute atomic E-state index is 12.7. The van der Waals surface area contributed by atoms with Crippen LogP contribution < -0.4 is 14.3 Å². The van der Waals surface area contributed by atoms with E-state index >= 15 is 0 Å². The summed E-state index contributed by atoms with van der Waals surface area (Å²) in [5.41, 5.74) is 9.85. The van der Waals surface area contributed by atoms with Gasteiger partial charge in [-0.05, 0) is 74.5 Å². The zero-order valence-corrected chi connectivity index (χ0v) is 32.1. The van der Waals surface area contributed by atoms with Crippen LogP contribution in [0, 0.1) is 0 Å². The third-order valence-corrected chi connectivity index (χ3v) is 12.1. The lowest BCUT2D eigenvalue weighted by Crippen LogP contribution is -2.32. The number of aromatic nitrogens is 6. The molecule has 0 saturated carbocycles. The Bertz CT molecular complexity index is 2320. The Balaban J connectivity index is 0.000000208. The highest BCUT2D eigenvalue weighted by atomic mass is 32.2. The van der Waals surface area contributed by atoms with Crippen LogP contribution in [0.1, 0.15) is 46.0 Å². The van der Waals surface area contributed by atoms with Crippen LogP contribution in [-0.2, 0) is 52.0 Å². The zero-order chi connectivity index (χ0) is 39.2. The fourth-order valence-corrected chi connectivity index (χ4v) is 7.59. The van der Waals surface area contributed by atoms with Gasteiger partial charge in [-0.25, -0.2) is 21.6 Å². The molecule has 16 nitrogen and oxygen atoms in total. The Morgan fingerprint density at radius 3 is 1.50 bits per heavy atom. The molecule has 0 atom stereocenters. The van der Waals surface area contributed by atoms with Crippen LogP contribution in [0.5, 0.6) is 0 Å². The van der Waals surface area contributed by atoms with Crippen LogP contribution in [0.15, 0.2) is 85.5 Å². The second kappa shape index (κ2) is 16.5. The van der Waals surface area contributed by atoms with Crippen molar-refractivity contribution in [1.29, 1.82) is 0 Å². The van der Waals surface area contributed by atoms with E-state index in [-0.39, 0.29) is 36.9 Å². The first-order valence-electron chi connectivity index (χ1n) is 16.8. The number of methoxy groups -OCH3 is 1. The Hall–Kier alpha value is -5.72. The van der Waals surface area contributed by atoms with Crippen LogP contribution in [0.3, 0.4) is 0 Å². The van der Waals surface area contributed by atoms with Gasteiger partial charge in [-0.15, -0.1) is 0 Å². The lowest BCUT2D eigenvalue weighted by Gasteiger charge is -2.23. The molecule has 0 radical (unpaired) electrons. The predicted octanol–water partition coefficient (Wildman–Crippen LogP) is 3.58. The number of ketones is 1. The number of Topliss-reactive ketones (excluding diaryl/α,β-unsaturated/α-hetero) is 1. The SMILES string of the molecule is CCS(=O)(=O)N(Cc1ccc(C(=O)CN)cn1)c1ccc2cnn(C)c2c1.CCS(=O)(=O)N(Cc1ccc(C(=O)OC)cn1)c1ccc2cnn(C)c2c1. The van der Waals surface area contributed by atoms with Crippen molar-refractivity contribution in [3.05, 3.63) is 108 Å². The van der Waals surface area contributed by atoms with Gasteiger partial charge in [0, 0.05) is 42.8 Å². The van der Waals surface area contributed by atoms with Gasteiger partial charge in [0.15, 0.2) is 5.78 Å². The molecule has 18 heteroatoms. The Morgan fingerprint density at radius 1 is 0.685 bits per heavy atom. The quantitative estimate of drug-likeness (QED) is 0.132. The molecular weight excluding hydrogens is 735 g/mol. The number of pyridine rings is 2. The number of nitrogens with two attached hydrogens (primary N) is 1. The average Bonchev–Trinajstić information content (AvgIpc) is 3.76. The number of benzene rings is 2. The van der Waals surface area contributed by atoms with E-state index in [2.05, 4.69) is 24.9 Å². The standard InChI is InChI=1S/C18H21N5O3S.C18H20N4O4S/c1-3-27(25,26)23(12-15-6-4-14(10-20-15)18(24)9-19)16-7-5-13-11-21-22(2)17(13)8-16;1-4-27(24,25)22(12-15-7-5-14(10-19-15)18(23)26-3)16-8-6-13-11-20-21(2)17(13)9-16/h4-8,10-11H,3,9,12,19H2,1-2H3;5-11H,4,12H2,1-3H3. The Kier molecular flexibility index (Phi) is 12.1. The van der Waals surface area contributed by atoms with E-state index in [9.17, 15) is 26.4 Å². The third kappa shape index (κ3) is 8.73. The topological polar surface area (TPSA) is 206 Å². The van der Waals surface area contributed by atoms with Crippen molar-refractivity contribution in [3.8, 4) is 0 Å². The molecular formula is C36H41N9O7S2. The van der Waals surface area contributed by atoms with Crippen molar-refractivity contribution in [2.45, 2.75) is 26.9 Å². The van der Waals surface area contributed by atoms with Gasteiger partial charge in [0.1, 0.15) is 0 Å². The molecule has 0 saturated heterocycles. The van der Waals surface area contributed by atoms with Crippen LogP contribution in [0.2, 0.25) is 0 Å². The van der Waals surface area contributed by atoms with Crippen molar-refractivity contribution in [3.63, 3.8) is 0 Å². The summed E-state index contributed by atoms with van der Waals surface area (Å²) in [5, 5.41) is 10.2. The highest BCUT2D eigenvalue weighted by Gasteiger charge is 2.24. The number of carbonyl (C=O) groups excluding carboxylic acids is 2. The van der Waals surface area contributed by atoms with Gasteiger partial charge in [-0.1, -0.05) is 0 Å². The van der Waals surface area contributed by atoms with Crippen LogP contribution in [0.4, 0.5) is 11.4 Å². The number of hydrogen-bond donors (Lipinski definition) is 1. The van der Waals surface area contributed by atoms with Crippen LogP contribution in [-0.4, -0.2) is 83.3 Å². The highest BCUT2D eigenvalue weighted by molar-refractivity contribution is 7.93.